The monoisotopic (exact) mass is 227 g/mol. The Labute approximate surface area is 94.7 Å². The Morgan fingerprint density at radius 1 is 1.33 bits per heavy atom. The molecule has 15 heavy (non-hydrogen) atoms. The van der Waals surface area contributed by atoms with Crippen molar-refractivity contribution < 1.29 is 9.90 Å². The minimum Gasteiger partial charge on any atom is -0.478 e. The van der Waals surface area contributed by atoms with E-state index in [4.69, 9.17) is 10.8 Å². The van der Waals surface area contributed by atoms with Crippen molar-refractivity contribution in [2.45, 2.75) is 18.9 Å². The molecule has 0 aliphatic heterocycles. The van der Waals surface area contributed by atoms with Crippen LogP contribution in [0.25, 0.3) is 0 Å². The van der Waals surface area contributed by atoms with Crippen LogP contribution in [0.5, 0.6) is 0 Å². The van der Waals surface area contributed by atoms with E-state index in [1.165, 1.54) is 12.8 Å². The first kappa shape index (κ1) is 12.0. The van der Waals surface area contributed by atoms with Crippen LogP contribution in [0.2, 0.25) is 0 Å². The number of carboxylic acids is 1. The lowest BCUT2D eigenvalue weighted by Crippen LogP contribution is -2.12. The van der Waals surface area contributed by atoms with Gasteiger partial charge in [0.1, 0.15) is 0 Å². The number of carboxylic acid groups (broad SMARTS) is 1. The molecule has 3 N–H and O–H groups in total. The summed E-state index contributed by atoms with van der Waals surface area (Å²) in [6.07, 6.45) is 2.39. The molecule has 0 amide bonds. The van der Waals surface area contributed by atoms with Crippen LogP contribution in [-0.2, 0) is 0 Å². The highest BCUT2D eigenvalue weighted by Gasteiger charge is 2.29. The zero-order chi connectivity index (χ0) is 10.1. The van der Waals surface area contributed by atoms with Gasteiger partial charge in [-0.25, -0.2) is 4.79 Å². The summed E-state index contributed by atoms with van der Waals surface area (Å²) in [6, 6.07) is 6.93. The van der Waals surface area contributed by atoms with Crippen molar-refractivity contribution in [3.05, 3.63) is 35.4 Å². The number of nitrogens with two attached hydrogens (primary N) is 1. The maximum Gasteiger partial charge on any atom is 0.335 e. The van der Waals surface area contributed by atoms with Gasteiger partial charge in [-0.05, 0) is 36.5 Å². The molecule has 0 spiro atoms. The van der Waals surface area contributed by atoms with Crippen LogP contribution >= 0.6 is 12.4 Å². The van der Waals surface area contributed by atoms with Gasteiger partial charge in [0.05, 0.1) is 5.56 Å². The van der Waals surface area contributed by atoms with Crippen LogP contribution in [0.15, 0.2) is 24.3 Å². The van der Waals surface area contributed by atoms with Crippen LogP contribution in [0.1, 0.15) is 34.8 Å². The SMILES string of the molecule is Cl.N[C@H](c1ccc(C(=O)O)cc1)C1CC1. The van der Waals surface area contributed by atoms with Gasteiger partial charge in [-0.1, -0.05) is 12.1 Å². The first-order chi connectivity index (χ1) is 6.68. The van der Waals surface area contributed by atoms with E-state index in [0.29, 0.717) is 11.5 Å². The largest absolute Gasteiger partial charge is 0.478 e. The van der Waals surface area contributed by atoms with Crippen LogP contribution in [-0.4, -0.2) is 11.1 Å². The molecule has 0 unspecified atom stereocenters. The van der Waals surface area contributed by atoms with E-state index in [2.05, 4.69) is 0 Å². The third-order valence-electron chi connectivity index (χ3n) is 2.67. The maximum absolute atomic E-state index is 10.6. The quantitative estimate of drug-likeness (QED) is 0.832. The molecule has 1 aliphatic carbocycles. The summed E-state index contributed by atoms with van der Waals surface area (Å²) < 4.78 is 0. The molecule has 0 radical (unpaired) electrons. The summed E-state index contributed by atoms with van der Waals surface area (Å²) in [5.41, 5.74) is 7.33. The minimum absolute atomic E-state index is 0. The lowest BCUT2D eigenvalue weighted by Gasteiger charge is -2.10. The molecule has 4 heteroatoms. The van der Waals surface area contributed by atoms with E-state index in [1.807, 2.05) is 12.1 Å². The van der Waals surface area contributed by atoms with Crippen molar-refractivity contribution in [1.82, 2.24) is 0 Å². The fourth-order valence-electron chi connectivity index (χ4n) is 1.58. The molecule has 1 saturated carbocycles. The second kappa shape index (κ2) is 4.64. The van der Waals surface area contributed by atoms with Gasteiger partial charge < -0.3 is 10.8 Å². The second-order valence-electron chi connectivity index (χ2n) is 3.79. The molecule has 0 heterocycles. The maximum atomic E-state index is 10.6. The van der Waals surface area contributed by atoms with Gasteiger partial charge in [0.15, 0.2) is 0 Å². The van der Waals surface area contributed by atoms with Gasteiger partial charge in [-0.2, -0.15) is 0 Å². The number of benzene rings is 1. The van der Waals surface area contributed by atoms with E-state index >= 15 is 0 Å². The van der Waals surface area contributed by atoms with Gasteiger partial charge >= 0.3 is 5.97 Å². The second-order valence-corrected chi connectivity index (χ2v) is 3.79. The highest BCUT2D eigenvalue weighted by atomic mass is 35.5. The van der Waals surface area contributed by atoms with Gasteiger partial charge in [-0.15, -0.1) is 12.4 Å². The van der Waals surface area contributed by atoms with Crippen molar-refractivity contribution in [3.63, 3.8) is 0 Å². The lowest BCUT2D eigenvalue weighted by atomic mass is 10.0. The molecule has 0 aromatic heterocycles. The number of aromatic carboxylic acids is 1. The average molecular weight is 228 g/mol. The van der Waals surface area contributed by atoms with Gasteiger partial charge in [0.2, 0.25) is 0 Å². The molecule has 1 fully saturated rings. The predicted molar refractivity (Wildman–Crippen MR) is 60.3 cm³/mol. The fraction of sp³-hybridized carbons (Fsp3) is 0.364. The first-order valence-corrected chi connectivity index (χ1v) is 4.77. The summed E-state index contributed by atoms with van der Waals surface area (Å²) >= 11 is 0. The normalized spacial score (nSPS) is 16.6. The predicted octanol–water partition coefficient (Wildman–Crippen LogP) is 2.22. The summed E-state index contributed by atoms with van der Waals surface area (Å²) in [5, 5.41) is 8.70. The Balaban J connectivity index is 0.00000112. The Hall–Kier alpha value is -1.06. The molecule has 3 nitrogen and oxygen atoms in total. The smallest absolute Gasteiger partial charge is 0.335 e. The van der Waals surface area contributed by atoms with Gasteiger partial charge in [-0.3, -0.25) is 0 Å². The Morgan fingerprint density at radius 2 is 1.87 bits per heavy atom. The van der Waals surface area contributed by atoms with E-state index in [9.17, 15) is 4.79 Å². The van der Waals surface area contributed by atoms with E-state index < -0.39 is 5.97 Å². The summed E-state index contributed by atoms with van der Waals surface area (Å²) in [5.74, 6) is -0.290. The Morgan fingerprint density at radius 3 is 2.27 bits per heavy atom. The lowest BCUT2D eigenvalue weighted by molar-refractivity contribution is 0.0697. The molecule has 1 aromatic carbocycles. The van der Waals surface area contributed by atoms with Crippen LogP contribution in [0.4, 0.5) is 0 Å². The van der Waals surface area contributed by atoms with E-state index in [1.54, 1.807) is 12.1 Å². The molecule has 1 aromatic rings. The summed E-state index contributed by atoms with van der Waals surface area (Å²) in [7, 11) is 0. The minimum atomic E-state index is -0.892. The van der Waals surface area contributed by atoms with Gasteiger partial charge in [0.25, 0.3) is 0 Å². The molecular formula is C11H14ClNO2. The van der Waals surface area contributed by atoms with E-state index in [0.717, 1.165) is 5.56 Å². The number of rotatable bonds is 3. The van der Waals surface area contributed by atoms with Crippen molar-refractivity contribution in [1.29, 1.82) is 0 Å². The summed E-state index contributed by atoms with van der Waals surface area (Å²) in [6.45, 7) is 0. The number of hydrogen-bond acceptors (Lipinski definition) is 2. The third kappa shape index (κ3) is 2.70. The molecule has 82 valence electrons. The molecule has 1 aliphatic rings. The van der Waals surface area contributed by atoms with Crippen LogP contribution < -0.4 is 5.73 Å². The average Bonchev–Trinajstić information content (AvgIpc) is 3.00. The number of hydrogen-bond donors (Lipinski definition) is 2. The van der Waals surface area contributed by atoms with Gasteiger partial charge in [0, 0.05) is 6.04 Å². The molecule has 2 rings (SSSR count). The van der Waals surface area contributed by atoms with Crippen molar-refractivity contribution in [2.24, 2.45) is 11.7 Å². The Bertz CT molecular complexity index is 346. The highest BCUT2D eigenvalue weighted by Crippen LogP contribution is 2.39. The third-order valence-corrected chi connectivity index (χ3v) is 2.67. The highest BCUT2D eigenvalue weighted by molar-refractivity contribution is 5.87. The van der Waals surface area contributed by atoms with Crippen LogP contribution in [0.3, 0.4) is 0 Å². The Kier molecular flexibility index (Phi) is 3.72. The van der Waals surface area contributed by atoms with E-state index in [-0.39, 0.29) is 18.4 Å². The molecular weight excluding hydrogens is 214 g/mol. The zero-order valence-corrected chi connectivity index (χ0v) is 9.04. The molecule has 0 bridgehead atoms. The number of carbonyl (C=O) groups is 1. The first-order valence-electron chi connectivity index (χ1n) is 4.77. The zero-order valence-electron chi connectivity index (χ0n) is 8.22. The molecule has 0 saturated heterocycles. The molecule has 1 atom stereocenters. The standard InChI is InChI=1S/C11H13NO2.ClH/c12-10(7-1-2-7)8-3-5-9(6-4-8)11(13)14;/h3-7,10H,1-2,12H2,(H,13,14);1H/t10-;/m0./s1. The number of halogens is 1. The van der Waals surface area contributed by atoms with Crippen molar-refractivity contribution in [3.8, 4) is 0 Å². The van der Waals surface area contributed by atoms with Crippen LogP contribution in [0, 0.1) is 5.92 Å². The van der Waals surface area contributed by atoms with Crippen molar-refractivity contribution >= 4 is 18.4 Å². The fourth-order valence-corrected chi connectivity index (χ4v) is 1.58. The topological polar surface area (TPSA) is 63.3 Å². The van der Waals surface area contributed by atoms with Crippen molar-refractivity contribution in [2.75, 3.05) is 0 Å². The summed E-state index contributed by atoms with van der Waals surface area (Å²) in [4.78, 5) is 10.6.